The molecule has 0 unspecified atom stereocenters. The Bertz CT molecular complexity index is 263. The van der Waals surface area contributed by atoms with Gasteiger partial charge in [-0.25, -0.2) is 4.98 Å². The zero-order chi connectivity index (χ0) is 8.43. The lowest BCUT2D eigenvalue weighted by Crippen LogP contribution is -2.10. The average Bonchev–Trinajstić information content (AvgIpc) is 1.85. The molecule has 0 saturated heterocycles. The van der Waals surface area contributed by atoms with Crippen molar-refractivity contribution in [1.29, 1.82) is 0 Å². The average molecular weight is 219 g/mol. The number of pyridine rings is 1. The molecular weight excluding hydrogens is 211 g/mol. The number of halogens is 2. The monoisotopic (exact) mass is 218 g/mol. The highest BCUT2D eigenvalue weighted by Crippen LogP contribution is 2.21. The van der Waals surface area contributed by atoms with Gasteiger partial charge in [-0.15, -0.1) is 0 Å². The molecule has 0 aliphatic heterocycles. The maximum atomic E-state index is 12.5. The quantitative estimate of drug-likeness (QED) is 0.672. The standard InChI is InChI=1S/C7H8BrFN2/c1-11(2)5-3-4-6(9)10-7(5)8/h3-4H,1-2H3. The van der Waals surface area contributed by atoms with E-state index in [1.165, 1.54) is 6.07 Å². The maximum absolute atomic E-state index is 12.5. The Morgan fingerprint density at radius 1 is 1.45 bits per heavy atom. The van der Waals surface area contributed by atoms with E-state index in [0.717, 1.165) is 5.69 Å². The summed E-state index contributed by atoms with van der Waals surface area (Å²) in [7, 11) is 3.75. The Morgan fingerprint density at radius 2 is 2.09 bits per heavy atom. The van der Waals surface area contributed by atoms with Crippen LogP contribution in [-0.4, -0.2) is 19.1 Å². The second-order valence-corrected chi connectivity index (χ2v) is 3.09. The van der Waals surface area contributed by atoms with Crippen LogP contribution in [0.15, 0.2) is 16.7 Å². The molecule has 0 bridgehead atoms. The molecule has 1 heterocycles. The topological polar surface area (TPSA) is 16.1 Å². The molecule has 0 saturated carbocycles. The van der Waals surface area contributed by atoms with Crippen molar-refractivity contribution in [3.05, 3.63) is 22.7 Å². The molecule has 1 aromatic rings. The minimum absolute atomic E-state index is 0.470. The van der Waals surface area contributed by atoms with Gasteiger partial charge in [0.1, 0.15) is 4.60 Å². The summed E-state index contributed by atoms with van der Waals surface area (Å²) >= 11 is 3.15. The SMILES string of the molecule is CN(C)c1ccc(F)nc1Br. The summed E-state index contributed by atoms with van der Waals surface area (Å²) in [5, 5.41) is 0. The molecule has 0 aliphatic rings. The van der Waals surface area contributed by atoms with Crippen LogP contribution in [-0.2, 0) is 0 Å². The lowest BCUT2D eigenvalue weighted by Gasteiger charge is -2.12. The van der Waals surface area contributed by atoms with E-state index in [0.29, 0.717) is 4.60 Å². The highest BCUT2D eigenvalue weighted by atomic mass is 79.9. The van der Waals surface area contributed by atoms with Crippen LogP contribution in [0.2, 0.25) is 0 Å². The van der Waals surface area contributed by atoms with Crippen molar-refractivity contribution in [2.24, 2.45) is 0 Å². The number of nitrogens with zero attached hydrogens (tertiary/aromatic N) is 2. The summed E-state index contributed by atoms with van der Waals surface area (Å²) in [6.45, 7) is 0. The Kier molecular flexibility index (Phi) is 2.44. The van der Waals surface area contributed by atoms with Crippen molar-refractivity contribution in [2.45, 2.75) is 0 Å². The predicted octanol–water partition coefficient (Wildman–Crippen LogP) is 2.05. The highest BCUT2D eigenvalue weighted by Gasteiger charge is 2.03. The van der Waals surface area contributed by atoms with E-state index < -0.39 is 5.95 Å². The van der Waals surface area contributed by atoms with E-state index in [-0.39, 0.29) is 0 Å². The molecule has 0 fully saturated rings. The zero-order valence-corrected chi connectivity index (χ0v) is 7.89. The summed E-state index contributed by atoms with van der Waals surface area (Å²) in [4.78, 5) is 5.46. The first kappa shape index (κ1) is 8.46. The van der Waals surface area contributed by atoms with Gasteiger partial charge >= 0.3 is 0 Å². The van der Waals surface area contributed by atoms with Crippen LogP contribution in [0.1, 0.15) is 0 Å². The van der Waals surface area contributed by atoms with E-state index in [4.69, 9.17) is 0 Å². The van der Waals surface area contributed by atoms with E-state index in [1.807, 2.05) is 19.0 Å². The van der Waals surface area contributed by atoms with E-state index in [1.54, 1.807) is 6.07 Å². The molecule has 0 atom stereocenters. The van der Waals surface area contributed by atoms with Crippen LogP contribution in [0, 0.1) is 5.95 Å². The first-order chi connectivity index (χ1) is 5.11. The van der Waals surface area contributed by atoms with Gasteiger partial charge in [0.15, 0.2) is 0 Å². The van der Waals surface area contributed by atoms with Crippen molar-refractivity contribution < 1.29 is 4.39 Å². The van der Waals surface area contributed by atoms with Gasteiger partial charge in [0, 0.05) is 14.1 Å². The number of anilines is 1. The highest BCUT2D eigenvalue weighted by molar-refractivity contribution is 9.10. The fraction of sp³-hybridized carbons (Fsp3) is 0.286. The van der Waals surface area contributed by atoms with Crippen LogP contribution in [0.5, 0.6) is 0 Å². The lowest BCUT2D eigenvalue weighted by atomic mass is 10.4. The van der Waals surface area contributed by atoms with E-state index >= 15 is 0 Å². The molecule has 0 radical (unpaired) electrons. The number of hydrogen-bond donors (Lipinski definition) is 0. The predicted molar refractivity (Wildman–Crippen MR) is 46.2 cm³/mol. The molecule has 0 spiro atoms. The van der Waals surface area contributed by atoms with Gasteiger partial charge in [-0.1, -0.05) is 0 Å². The van der Waals surface area contributed by atoms with Crippen molar-refractivity contribution in [1.82, 2.24) is 4.98 Å². The molecule has 1 aromatic heterocycles. The van der Waals surface area contributed by atoms with Crippen molar-refractivity contribution in [3.8, 4) is 0 Å². The number of aromatic nitrogens is 1. The van der Waals surface area contributed by atoms with Gasteiger partial charge in [-0.05, 0) is 28.1 Å². The van der Waals surface area contributed by atoms with Crippen LogP contribution in [0.4, 0.5) is 10.1 Å². The maximum Gasteiger partial charge on any atom is 0.214 e. The van der Waals surface area contributed by atoms with Crippen LogP contribution >= 0.6 is 15.9 Å². The van der Waals surface area contributed by atoms with Gasteiger partial charge in [-0.3, -0.25) is 0 Å². The van der Waals surface area contributed by atoms with Crippen molar-refractivity contribution >= 4 is 21.6 Å². The molecule has 0 aliphatic carbocycles. The van der Waals surface area contributed by atoms with E-state index in [2.05, 4.69) is 20.9 Å². The minimum atomic E-state index is -0.470. The molecule has 4 heteroatoms. The molecular formula is C7H8BrFN2. The summed E-state index contributed by atoms with van der Waals surface area (Å²) in [5.74, 6) is -0.470. The Labute approximate surface area is 73.2 Å². The third-order valence-electron chi connectivity index (χ3n) is 1.28. The van der Waals surface area contributed by atoms with Gasteiger partial charge in [0.2, 0.25) is 5.95 Å². The Hall–Kier alpha value is -0.640. The summed E-state index contributed by atoms with van der Waals surface area (Å²) in [5.41, 5.74) is 0.867. The Balaban J connectivity index is 3.09. The lowest BCUT2D eigenvalue weighted by molar-refractivity contribution is 0.581. The first-order valence-electron chi connectivity index (χ1n) is 3.10. The van der Waals surface area contributed by atoms with Crippen LogP contribution in [0.3, 0.4) is 0 Å². The van der Waals surface area contributed by atoms with Gasteiger partial charge < -0.3 is 4.90 Å². The number of rotatable bonds is 1. The third kappa shape index (κ3) is 1.89. The molecule has 0 amide bonds. The largest absolute Gasteiger partial charge is 0.375 e. The van der Waals surface area contributed by atoms with Crippen LogP contribution < -0.4 is 4.90 Å². The summed E-state index contributed by atoms with van der Waals surface area (Å²) in [6.07, 6.45) is 0. The normalized spacial score (nSPS) is 9.82. The molecule has 1 rings (SSSR count). The molecule has 0 N–H and O–H groups in total. The van der Waals surface area contributed by atoms with Crippen molar-refractivity contribution in [3.63, 3.8) is 0 Å². The second-order valence-electron chi connectivity index (χ2n) is 2.34. The second kappa shape index (κ2) is 3.17. The molecule has 60 valence electrons. The molecule has 0 aromatic carbocycles. The van der Waals surface area contributed by atoms with Crippen molar-refractivity contribution in [2.75, 3.05) is 19.0 Å². The number of hydrogen-bond acceptors (Lipinski definition) is 2. The van der Waals surface area contributed by atoms with Gasteiger partial charge in [0.25, 0.3) is 0 Å². The third-order valence-corrected chi connectivity index (χ3v) is 1.86. The van der Waals surface area contributed by atoms with Gasteiger partial charge in [0.05, 0.1) is 5.69 Å². The van der Waals surface area contributed by atoms with Crippen LogP contribution in [0.25, 0.3) is 0 Å². The zero-order valence-electron chi connectivity index (χ0n) is 6.31. The summed E-state index contributed by atoms with van der Waals surface area (Å²) < 4.78 is 13.0. The summed E-state index contributed by atoms with van der Waals surface area (Å²) in [6, 6.07) is 3.01. The molecule has 11 heavy (non-hydrogen) atoms. The smallest absolute Gasteiger partial charge is 0.214 e. The fourth-order valence-corrected chi connectivity index (χ4v) is 1.39. The minimum Gasteiger partial charge on any atom is -0.375 e. The fourth-order valence-electron chi connectivity index (χ4n) is 0.738. The first-order valence-corrected chi connectivity index (χ1v) is 3.90. The van der Waals surface area contributed by atoms with Gasteiger partial charge in [-0.2, -0.15) is 4.39 Å². The Morgan fingerprint density at radius 3 is 2.55 bits per heavy atom. The molecule has 2 nitrogen and oxygen atoms in total. The van der Waals surface area contributed by atoms with E-state index in [9.17, 15) is 4.39 Å².